The molecule has 2 aromatic heterocycles. The molecule has 3 aromatic rings. The van der Waals surface area contributed by atoms with E-state index in [0.717, 1.165) is 28.0 Å². The van der Waals surface area contributed by atoms with Crippen LogP contribution in [0.5, 0.6) is 0 Å². The second-order valence-corrected chi connectivity index (χ2v) is 6.45. The Morgan fingerprint density at radius 1 is 1.26 bits per heavy atom. The van der Waals surface area contributed by atoms with Crippen molar-refractivity contribution in [3.63, 3.8) is 0 Å². The molecule has 0 amide bonds. The Balaban J connectivity index is 2.26. The van der Waals surface area contributed by atoms with E-state index in [4.69, 9.17) is 5.11 Å². The molecule has 0 aliphatic carbocycles. The first-order valence-electron chi connectivity index (χ1n) is 7.23. The summed E-state index contributed by atoms with van der Waals surface area (Å²) in [7, 11) is 0. The number of carbonyl (C=O) groups is 1. The van der Waals surface area contributed by atoms with Gasteiger partial charge in [0.25, 0.3) is 0 Å². The summed E-state index contributed by atoms with van der Waals surface area (Å²) in [6.45, 7) is 6.17. The zero-order valence-electron chi connectivity index (χ0n) is 13.2. The van der Waals surface area contributed by atoms with Crippen molar-refractivity contribution >= 4 is 28.9 Å². The fourth-order valence-corrected chi connectivity index (χ4v) is 3.56. The Labute approximate surface area is 138 Å². The van der Waals surface area contributed by atoms with Gasteiger partial charge >= 0.3 is 5.97 Å². The van der Waals surface area contributed by atoms with Gasteiger partial charge in [0.2, 0.25) is 0 Å². The van der Waals surface area contributed by atoms with Crippen LogP contribution in [0.15, 0.2) is 35.6 Å². The van der Waals surface area contributed by atoms with E-state index in [0.29, 0.717) is 5.16 Å². The van der Waals surface area contributed by atoms with Gasteiger partial charge in [-0.05, 0) is 44.0 Å². The number of benzene rings is 1. The third kappa shape index (κ3) is 2.94. The van der Waals surface area contributed by atoms with Crippen LogP contribution < -0.4 is 0 Å². The monoisotopic (exact) mass is 327 g/mol. The summed E-state index contributed by atoms with van der Waals surface area (Å²) in [6, 6.07) is 7.95. The molecule has 0 spiro atoms. The highest BCUT2D eigenvalue weighted by Gasteiger charge is 2.18. The third-order valence-corrected chi connectivity index (χ3v) is 4.49. The SMILES string of the molecule is Cc1cc(C)c(-n2c(SCC(=O)O)nc3cccnc32)c(C)c1. The van der Waals surface area contributed by atoms with Gasteiger partial charge < -0.3 is 5.11 Å². The standard InChI is InChI=1S/C17H17N3O2S/c1-10-7-11(2)15(12(3)8-10)20-16-13(5-4-6-18-16)19-17(20)23-9-14(21)22/h4-8H,9H2,1-3H3,(H,21,22). The first-order chi connectivity index (χ1) is 11.0. The summed E-state index contributed by atoms with van der Waals surface area (Å²) in [6.07, 6.45) is 1.73. The van der Waals surface area contributed by atoms with Crippen LogP contribution in [0, 0.1) is 20.8 Å². The van der Waals surface area contributed by atoms with Crippen LogP contribution in [0.25, 0.3) is 16.9 Å². The Kier molecular flexibility index (Phi) is 4.09. The minimum absolute atomic E-state index is 0.0344. The zero-order valence-corrected chi connectivity index (χ0v) is 14.0. The molecule has 6 heteroatoms. The van der Waals surface area contributed by atoms with Crippen molar-refractivity contribution in [2.24, 2.45) is 0 Å². The Hall–Kier alpha value is -2.34. The Morgan fingerprint density at radius 2 is 1.96 bits per heavy atom. The minimum Gasteiger partial charge on any atom is -0.481 e. The average molecular weight is 327 g/mol. The third-order valence-electron chi connectivity index (χ3n) is 3.57. The molecular formula is C17H17N3O2S. The molecule has 0 fully saturated rings. The van der Waals surface area contributed by atoms with Crippen LogP contribution in [-0.2, 0) is 4.79 Å². The number of carboxylic acid groups (broad SMARTS) is 1. The topological polar surface area (TPSA) is 68.0 Å². The van der Waals surface area contributed by atoms with Crippen LogP contribution in [0.2, 0.25) is 0 Å². The normalized spacial score (nSPS) is 11.1. The van der Waals surface area contributed by atoms with Gasteiger partial charge in [-0.2, -0.15) is 0 Å². The largest absolute Gasteiger partial charge is 0.481 e. The second-order valence-electron chi connectivity index (χ2n) is 5.51. The maximum absolute atomic E-state index is 10.9. The molecule has 3 rings (SSSR count). The van der Waals surface area contributed by atoms with Gasteiger partial charge in [-0.25, -0.2) is 9.97 Å². The molecule has 0 atom stereocenters. The molecule has 1 aromatic carbocycles. The summed E-state index contributed by atoms with van der Waals surface area (Å²) in [5, 5.41) is 9.63. The number of carboxylic acids is 1. The van der Waals surface area contributed by atoms with E-state index in [9.17, 15) is 4.79 Å². The van der Waals surface area contributed by atoms with Crippen LogP contribution in [0.3, 0.4) is 0 Å². The number of hydrogen-bond acceptors (Lipinski definition) is 4. The predicted octanol–water partition coefficient (Wildman–Crippen LogP) is 3.52. The van der Waals surface area contributed by atoms with Gasteiger partial charge in [0.05, 0.1) is 11.4 Å². The second kappa shape index (κ2) is 6.04. The molecule has 0 aliphatic rings. The lowest BCUT2D eigenvalue weighted by atomic mass is 10.1. The minimum atomic E-state index is -0.862. The number of hydrogen-bond donors (Lipinski definition) is 1. The van der Waals surface area contributed by atoms with E-state index >= 15 is 0 Å². The van der Waals surface area contributed by atoms with E-state index < -0.39 is 5.97 Å². The van der Waals surface area contributed by atoms with Crippen molar-refractivity contribution in [2.75, 3.05) is 5.75 Å². The quantitative estimate of drug-likeness (QED) is 0.743. The van der Waals surface area contributed by atoms with Crippen molar-refractivity contribution < 1.29 is 9.90 Å². The highest BCUT2D eigenvalue weighted by molar-refractivity contribution is 7.99. The lowest BCUT2D eigenvalue weighted by molar-refractivity contribution is -0.133. The Morgan fingerprint density at radius 3 is 2.61 bits per heavy atom. The maximum atomic E-state index is 10.9. The fraction of sp³-hybridized carbons (Fsp3) is 0.235. The number of aliphatic carboxylic acids is 1. The average Bonchev–Trinajstić information content (AvgIpc) is 2.83. The van der Waals surface area contributed by atoms with Gasteiger partial charge in [-0.15, -0.1) is 0 Å². The van der Waals surface area contributed by atoms with E-state index in [1.165, 1.54) is 17.3 Å². The van der Waals surface area contributed by atoms with Crippen LogP contribution in [-0.4, -0.2) is 31.4 Å². The first kappa shape index (κ1) is 15.6. The summed E-state index contributed by atoms with van der Waals surface area (Å²) >= 11 is 1.21. The molecule has 5 nitrogen and oxygen atoms in total. The molecule has 2 heterocycles. The highest BCUT2D eigenvalue weighted by atomic mass is 32.2. The van der Waals surface area contributed by atoms with E-state index in [2.05, 4.69) is 42.9 Å². The van der Waals surface area contributed by atoms with Crippen molar-refractivity contribution in [1.82, 2.24) is 14.5 Å². The van der Waals surface area contributed by atoms with Gasteiger partial charge in [0, 0.05) is 6.20 Å². The summed E-state index contributed by atoms with van der Waals surface area (Å²) < 4.78 is 1.97. The molecule has 0 aliphatic heterocycles. The number of rotatable bonds is 4. The van der Waals surface area contributed by atoms with Crippen LogP contribution in [0.4, 0.5) is 0 Å². The highest BCUT2D eigenvalue weighted by Crippen LogP contribution is 2.30. The van der Waals surface area contributed by atoms with Gasteiger partial charge in [-0.3, -0.25) is 9.36 Å². The van der Waals surface area contributed by atoms with Crippen molar-refractivity contribution in [2.45, 2.75) is 25.9 Å². The maximum Gasteiger partial charge on any atom is 0.313 e. The number of nitrogens with zero attached hydrogens (tertiary/aromatic N) is 3. The van der Waals surface area contributed by atoms with E-state index in [1.54, 1.807) is 6.20 Å². The van der Waals surface area contributed by atoms with Crippen LogP contribution >= 0.6 is 11.8 Å². The van der Waals surface area contributed by atoms with Crippen LogP contribution in [0.1, 0.15) is 16.7 Å². The van der Waals surface area contributed by atoms with Crippen molar-refractivity contribution in [1.29, 1.82) is 0 Å². The number of imidazole rings is 1. The molecule has 0 bridgehead atoms. The van der Waals surface area contributed by atoms with E-state index in [-0.39, 0.29) is 5.75 Å². The molecule has 23 heavy (non-hydrogen) atoms. The molecular weight excluding hydrogens is 310 g/mol. The van der Waals surface area contributed by atoms with Gasteiger partial charge in [0.15, 0.2) is 10.8 Å². The Bertz CT molecular complexity index is 879. The molecule has 0 unspecified atom stereocenters. The molecule has 1 N–H and O–H groups in total. The number of pyridine rings is 1. The summed E-state index contributed by atoms with van der Waals surface area (Å²) in [5.74, 6) is -0.897. The zero-order chi connectivity index (χ0) is 16.6. The molecule has 0 saturated carbocycles. The van der Waals surface area contributed by atoms with Gasteiger partial charge in [-0.1, -0.05) is 29.5 Å². The summed E-state index contributed by atoms with van der Waals surface area (Å²) in [4.78, 5) is 20.0. The first-order valence-corrected chi connectivity index (χ1v) is 8.22. The number of aromatic nitrogens is 3. The molecule has 118 valence electrons. The molecule has 0 saturated heterocycles. The number of aryl methyl sites for hydroxylation is 3. The lowest BCUT2D eigenvalue weighted by Gasteiger charge is -2.15. The number of fused-ring (bicyclic) bond motifs is 1. The smallest absolute Gasteiger partial charge is 0.313 e. The predicted molar refractivity (Wildman–Crippen MR) is 91.4 cm³/mol. The van der Waals surface area contributed by atoms with E-state index in [1.807, 2.05) is 16.7 Å². The lowest BCUT2D eigenvalue weighted by Crippen LogP contribution is -2.05. The van der Waals surface area contributed by atoms with Gasteiger partial charge in [0.1, 0.15) is 5.52 Å². The fourth-order valence-electron chi connectivity index (χ4n) is 2.84. The van der Waals surface area contributed by atoms with Crippen molar-refractivity contribution in [3.8, 4) is 5.69 Å². The summed E-state index contributed by atoms with van der Waals surface area (Å²) in [5.41, 5.74) is 5.95. The van der Waals surface area contributed by atoms with Crippen molar-refractivity contribution in [3.05, 3.63) is 47.2 Å². The number of thioether (sulfide) groups is 1. The molecule has 0 radical (unpaired) electrons.